The lowest BCUT2D eigenvalue weighted by Gasteiger charge is -2.22. The molecule has 10 heteroatoms. The fourth-order valence-electron chi connectivity index (χ4n) is 3.66. The van der Waals surface area contributed by atoms with Crippen LogP contribution in [-0.2, 0) is 9.59 Å². The summed E-state index contributed by atoms with van der Waals surface area (Å²) >= 11 is 12.8. The highest BCUT2D eigenvalue weighted by molar-refractivity contribution is 7.22. The van der Waals surface area contributed by atoms with E-state index in [0.29, 0.717) is 26.4 Å². The molecule has 0 aliphatic carbocycles. The van der Waals surface area contributed by atoms with E-state index in [2.05, 4.69) is 9.97 Å². The van der Waals surface area contributed by atoms with Gasteiger partial charge in [-0.2, -0.15) is 0 Å². The second kappa shape index (κ2) is 8.22. The molecular weight excluding hydrogens is 488 g/mol. The van der Waals surface area contributed by atoms with Crippen LogP contribution < -0.4 is 4.90 Å². The third-order valence-corrected chi connectivity index (χ3v) is 6.75. The number of aliphatic hydroxyl groups is 1. The molecule has 5 rings (SSSR count). The molecule has 1 unspecified atom stereocenters. The van der Waals surface area contributed by atoms with Crippen LogP contribution in [0.5, 0.6) is 0 Å². The number of anilines is 1. The molecule has 1 amide bonds. The molecule has 2 aromatic heterocycles. The minimum atomic E-state index is -0.991. The fourth-order valence-corrected chi connectivity index (χ4v) is 4.94. The Labute approximate surface area is 200 Å². The highest BCUT2D eigenvalue weighted by Gasteiger charge is 2.48. The van der Waals surface area contributed by atoms with Crippen molar-refractivity contribution in [3.63, 3.8) is 0 Å². The Hall–Kier alpha value is -3.33. The maximum atomic E-state index is 14.0. The maximum absolute atomic E-state index is 14.0. The number of hydrogen-bond acceptors (Lipinski definition) is 6. The van der Waals surface area contributed by atoms with Crippen LogP contribution in [0.1, 0.15) is 17.2 Å². The number of halogens is 3. The number of ketones is 1. The highest BCUT2D eigenvalue weighted by atomic mass is 35.5. The largest absolute Gasteiger partial charge is 0.507 e. The molecule has 4 aromatic rings. The third-order valence-electron chi connectivity index (χ3n) is 5.19. The van der Waals surface area contributed by atoms with Crippen LogP contribution >= 0.6 is 34.5 Å². The lowest BCUT2D eigenvalue weighted by Crippen LogP contribution is -2.29. The number of carbonyl (C=O) groups is 2. The van der Waals surface area contributed by atoms with E-state index in [9.17, 15) is 19.1 Å². The van der Waals surface area contributed by atoms with Gasteiger partial charge < -0.3 is 5.11 Å². The first-order valence-corrected chi connectivity index (χ1v) is 11.1. The number of amides is 1. The van der Waals surface area contributed by atoms with Gasteiger partial charge in [0.25, 0.3) is 5.78 Å². The van der Waals surface area contributed by atoms with E-state index in [4.69, 9.17) is 23.2 Å². The van der Waals surface area contributed by atoms with E-state index in [-0.39, 0.29) is 21.5 Å². The summed E-state index contributed by atoms with van der Waals surface area (Å²) in [5.74, 6) is -2.71. The topological polar surface area (TPSA) is 83.4 Å². The first kappa shape index (κ1) is 21.5. The van der Waals surface area contributed by atoms with Gasteiger partial charge in [-0.05, 0) is 48.0 Å². The van der Waals surface area contributed by atoms with Gasteiger partial charge >= 0.3 is 5.91 Å². The number of pyridine rings is 1. The van der Waals surface area contributed by atoms with Crippen LogP contribution in [0.4, 0.5) is 9.52 Å². The van der Waals surface area contributed by atoms with Crippen molar-refractivity contribution in [2.75, 3.05) is 4.90 Å². The average molecular weight is 500 g/mol. The Balaban J connectivity index is 1.72. The van der Waals surface area contributed by atoms with E-state index < -0.39 is 23.5 Å². The second-order valence-electron chi connectivity index (χ2n) is 7.19. The van der Waals surface area contributed by atoms with Gasteiger partial charge in [0.1, 0.15) is 11.6 Å². The van der Waals surface area contributed by atoms with Crippen molar-refractivity contribution in [3.05, 3.63) is 93.5 Å². The number of aromatic nitrogens is 2. The number of nitrogens with zero attached hydrogens (tertiary/aromatic N) is 3. The number of thiazole rings is 1. The SMILES string of the molecule is O=C1C(=O)N(c2nc3cc(Cl)c(F)cc3s2)C(c2cccnc2)/C1=C(\O)c1ccc(Cl)cc1. The predicted octanol–water partition coefficient (Wildman–Crippen LogP) is 5.76. The molecule has 6 nitrogen and oxygen atoms in total. The van der Waals surface area contributed by atoms with Crippen LogP contribution in [0, 0.1) is 5.82 Å². The molecule has 1 saturated heterocycles. The molecule has 1 fully saturated rings. The van der Waals surface area contributed by atoms with Gasteiger partial charge in [0.05, 0.1) is 26.9 Å². The summed E-state index contributed by atoms with van der Waals surface area (Å²) < 4.78 is 14.4. The van der Waals surface area contributed by atoms with Crippen molar-refractivity contribution in [2.45, 2.75) is 6.04 Å². The Kier molecular flexibility index (Phi) is 5.36. The molecule has 1 aliphatic heterocycles. The Morgan fingerprint density at radius 2 is 1.88 bits per heavy atom. The lowest BCUT2D eigenvalue weighted by molar-refractivity contribution is -0.132. The minimum absolute atomic E-state index is 0.104. The highest BCUT2D eigenvalue weighted by Crippen LogP contribution is 2.44. The Morgan fingerprint density at radius 1 is 1.12 bits per heavy atom. The van der Waals surface area contributed by atoms with Crippen molar-refractivity contribution in [3.8, 4) is 0 Å². The molecule has 0 radical (unpaired) electrons. The lowest BCUT2D eigenvalue weighted by atomic mass is 9.96. The molecule has 3 heterocycles. The normalized spacial score (nSPS) is 17.8. The third kappa shape index (κ3) is 3.66. The number of fused-ring (bicyclic) bond motifs is 1. The van der Waals surface area contributed by atoms with Crippen molar-refractivity contribution in [1.29, 1.82) is 0 Å². The monoisotopic (exact) mass is 499 g/mol. The molecule has 164 valence electrons. The standard InChI is InChI=1S/C23H12Cl2FN3O3S/c24-13-5-3-11(4-6-13)20(30)18-19(12-2-1-7-27-10-12)29(22(32)21(18)31)23-28-16-8-14(25)15(26)9-17(16)33-23/h1-10,19,30H/b20-18+. The number of aliphatic hydroxyl groups excluding tert-OH is 1. The summed E-state index contributed by atoms with van der Waals surface area (Å²) in [5, 5.41) is 11.6. The van der Waals surface area contributed by atoms with E-state index >= 15 is 0 Å². The Morgan fingerprint density at radius 3 is 2.58 bits per heavy atom. The smallest absolute Gasteiger partial charge is 0.301 e. The molecule has 1 atom stereocenters. The van der Waals surface area contributed by atoms with Gasteiger partial charge in [0.2, 0.25) is 0 Å². The molecule has 0 spiro atoms. The summed E-state index contributed by atoms with van der Waals surface area (Å²) in [6, 6.07) is 11.2. The zero-order chi connectivity index (χ0) is 23.3. The number of carbonyl (C=O) groups excluding carboxylic acids is 2. The van der Waals surface area contributed by atoms with Crippen molar-refractivity contribution in [2.24, 2.45) is 0 Å². The number of hydrogen-bond donors (Lipinski definition) is 1. The summed E-state index contributed by atoms with van der Waals surface area (Å²) in [4.78, 5) is 36.0. The fraction of sp³-hybridized carbons (Fsp3) is 0.0435. The van der Waals surface area contributed by atoms with E-state index in [1.807, 2.05) is 0 Å². The number of Topliss-reactive ketones (excluding diaryl/α,β-unsaturated/α-hetero) is 1. The molecule has 0 saturated carbocycles. The second-order valence-corrected chi connectivity index (χ2v) is 9.05. The van der Waals surface area contributed by atoms with Crippen LogP contribution in [-0.4, -0.2) is 26.8 Å². The van der Waals surface area contributed by atoms with Crippen LogP contribution in [0.15, 0.2) is 66.5 Å². The molecular formula is C23H12Cl2FN3O3S. The van der Waals surface area contributed by atoms with Gasteiger partial charge in [0.15, 0.2) is 5.13 Å². The van der Waals surface area contributed by atoms with E-state index in [0.717, 1.165) is 11.3 Å². The zero-order valence-electron chi connectivity index (χ0n) is 16.5. The molecule has 1 N–H and O–H groups in total. The quantitative estimate of drug-likeness (QED) is 0.220. The van der Waals surface area contributed by atoms with Gasteiger partial charge in [-0.3, -0.25) is 19.5 Å². The average Bonchev–Trinajstić information content (AvgIpc) is 3.32. The summed E-state index contributed by atoms with van der Waals surface area (Å²) in [6.07, 6.45) is 3.06. The van der Waals surface area contributed by atoms with Crippen molar-refractivity contribution >= 4 is 67.3 Å². The van der Waals surface area contributed by atoms with Crippen molar-refractivity contribution < 1.29 is 19.1 Å². The number of rotatable bonds is 3. The van der Waals surface area contributed by atoms with Crippen LogP contribution in [0.25, 0.3) is 16.0 Å². The van der Waals surface area contributed by atoms with Gasteiger partial charge in [-0.25, -0.2) is 9.37 Å². The zero-order valence-corrected chi connectivity index (χ0v) is 18.8. The van der Waals surface area contributed by atoms with Gasteiger partial charge in [0, 0.05) is 23.0 Å². The van der Waals surface area contributed by atoms with Crippen LogP contribution in [0.3, 0.4) is 0 Å². The molecule has 1 aliphatic rings. The minimum Gasteiger partial charge on any atom is -0.507 e. The first-order valence-electron chi connectivity index (χ1n) is 9.57. The number of benzene rings is 2. The summed E-state index contributed by atoms with van der Waals surface area (Å²) in [5.41, 5.74) is 1.09. The molecule has 2 aromatic carbocycles. The van der Waals surface area contributed by atoms with Crippen LogP contribution in [0.2, 0.25) is 10.0 Å². The van der Waals surface area contributed by atoms with E-state index in [1.54, 1.807) is 42.6 Å². The van der Waals surface area contributed by atoms with Gasteiger partial charge in [-0.15, -0.1) is 0 Å². The summed E-state index contributed by atoms with van der Waals surface area (Å²) in [7, 11) is 0. The predicted molar refractivity (Wildman–Crippen MR) is 125 cm³/mol. The summed E-state index contributed by atoms with van der Waals surface area (Å²) in [6.45, 7) is 0. The molecule has 33 heavy (non-hydrogen) atoms. The van der Waals surface area contributed by atoms with Gasteiger partial charge in [-0.1, -0.05) is 40.6 Å². The maximum Gasteiger partial charge on any atom is 0.301 e. The Bertz CT molecular complexity index is 1420. The first-order chi connectivity index (χ1) is 15.8. The van der Waals surface area contributed by atoms with E-state index in [1.165, 1.54) is 23.2 Å². The molecule has 0 bridgehead atoms. The van der Waals surface area contributed by atoms with Crippen molar-refractivity contribution in [1.82, 2.24) is 9.97 Å².